The van der Waals surface area contributed by atoms with Gasteiger partial charge in [-0.05, 0) is 19.9 Å². The number of nitrogens with zero attached hydrogens (tertiary/aromatic N) is 3. The van der Waals surface area contributed by atoms with Gasteiger partial charge < -0.3 is 9.80 Å². The van der Waals surface area contributed by atoms with Crippen LogP contribution in [0, 0.1) is 0 Å². The van der Waals surface area contributed by atoms with E-state index in [1.165, 1.54) is 0 Å². The van der Waals surface area contributed by atoms with E-state index in [1.54, 1.807) is 11.8 Å². The van der Waals surface area contributed by atoms with Crippen molar-refractivity contribution in [2.45, 2.75) is 25.8 Å². The Labute approximate surface area is 102 Å². The highest BCUT2D eigenvalue weighted by molar-refractivity contribution is 5.83. The fraction of sp³-hybridized carbons (Fsp3) is 0.833. The Morgan fingerprint density at radius 2 is 1.65 bits per heavy atom. The van der Waals surface area contributed by atoms with Crippen molar-refractivity contribution in [3.63, 3.8) is 0 Å². The molecule has 0 N–H and O–H groups in total. The summed E-state index contributed by atoms with van der Waals surface area (Å²) in [6.45, 7) is 5.38. The van der Waals surface area contributed by atoms with Gasteiger partial charge in [-0.15, -0.1) is 0 Å². The van der Waals surface area contributed by atoms with Crippen LogP contribution in [0.25, 0.3) is 0 Å². The number of hydrogen-bond donors (Lipinski definition) is 0. The minimum Gasteiger partial charge on any atom is -0.341 e. The van der Waals surface area contributed by atoms with E-state index < -0.39 is 0 Å². The van der Waals surface area contributed by atoms with E-state index in [1.807, 2.05) is 11.9 Å². The van der Waals surface area contributed by atoms with Crippen molar-refractivity contribution in [3.8, 4) is 0 Å². The maximum atomic E-state index is 12.3. The number of rotatable bonds is 1. The van der Waals surface area contributed by atoms with Crippen molar-refractivity contribution >= 4 is 11.8 Å². The summed E-state index contributed by atoms with van der Waals surface area (Å²) in [5, 5.41) is 0. The molecule has 2 heterocycles. The van der Waals surface area contributed by atoms with Crippen LogP contribution in [-0.2, 0) is 9.59 Å². The van der Waals surface area contributed by atoms with E-state index in [0.29, 0.717) is 6.54 Å². The number of likely N-dealkylation sites (tertiary alicyclic amines) is 1. The number of amides is 2. The molecular weight excluding hydrogens is 218 g/mol. The zero-order valence-electron chi connectivity index (χ0n) is 10.7. The molecule has 17 heavy (non-hydrogen) atoms. The topological polar surface area (TPSA) is 43.9 Å². The Morgan fingerprint density at radius 1 is 1.00 bits per heavy atom. The molecular formula is C12H21N3O2. The van der Waals surface area contributed by atoms with Crippen molar-refractivity contribution in [1.82, 2.24) is 14.7 Å². The third kappa shape index (κ3) is 2.60. The highest BCUT2D eigenvalue weighted by atomic mass is 16.2. The highest BCUT2D eigenvalue weighted by Gasteiger charge is 2.34. The van der Waals surface area contributed by atoms with Crippen molar-refractivity contribution in [3.05, 3.63) is 0 Å². The molecule has 0 radical (unpaired) electrons. The molecule has 1 atom stereocenters. The Bertz CT molecular complexity index is 313. The van der Waals surface area contributed by atoms with Crippen molar-refractivity contribution < 1.29 is 9.59 Å². The van der Waals surface area contributed by atoms with Gasteiger partial charge in [-0.2, -0.15) is 0 Å². The van der Waals surface area contributed by atoms with Gasteiger partial charge in [0.1, 0.15) is 6.04 Å². The smallest absolute Gasteiger partial charge is 0.241 e. The van der Waals surface area contributed by atoms with Gasteiger partial charge in [0.05, 0.1) is 0 Å². The van der Waals surface area contributed by atoms with Crippen LogP contribution >= 0.6 is 0 Å². The van der Waals surface area contributed by atoms with Gasteiger partial charge in [-0.3, -0.25) is 14.5 Å². The molecule has 0 aromatic carbocycles. The molecule has 2 rings (SSSR count). The lowest BCUT2D eigenvalue weighted by atomic mass is 10.1. The summed E-state index contributed by atoms with van der Waals surface area (Å²) in [5.41, 5.74) is 0. The lowest BCUT2D eigenvalue weighted by molar-refractivity contribution is -0.141. The van der Waals surface area contributed by atoms with Gasteiger partial charge in [0.2, 0.25) is 11.8 Å². The zero-order valence-corrected chi connectivity index (χ0v) is 10.7. The molecule has 1 unspecified atom stereocenters. The van der Waals surface area contributed by atoms with E-state index in [0.717, 1.165) is 39.0 Å². The van der Waals surface area contributed by atoms with Gasteiger partial charge in [-0.1, -0.05) is 0 Å². The summed E-state index contributed by atoms with van der Waals surface area (Å²) in [4.78, 5) is 29.5. The summed E-state index contributed by atoms with van der Waals surface area (Å²) in [6, 6.07) is -0.147. The average Bonchev–Trinajstić information content (AvgIpc) is 2.81. The summed E-state index contributed by atoms with van der Waals surface area (Å²) in [6.07, 6.45) is 2.22. The van der Waals surface area contributed by atoms with Crippen LogP contribution in [0.15, 0.2) is 0 Å². The van der Waals surface area contributed by atoms with Gasteiger partial charge in [0.25, 0.3) is 0 Å². The van der Waals surface area contributed by atoms with Gasteiger partial charge >= 0.3 is 0 Å². The maximum Gasteiger partial charge on any atom is 0.241 e. The van der Waals surface area contributed by atoms with E-state index in [4.69, 9.17) is 0 Å². The second-order valence-electron chi connectivity index (χ2n) is 4.99. The summed E-state index contributed by atoms with van der Waals surface area (Å²) in [7, 11) is 1.97. The second kappa shape index (κ2) is 5.04. The molecule has 0 aliphatic carbocycles. The minimum absolute atomic E-state index is 0.0670. The summed E-state index contributed by atoms with van der Waals surface area (Å²) in [5.74, 6) is 0.258. The fourth-order valence-corrected chi connectivity index (χ4v) is 2.57. The Kier molecular flexibility index (Phi) is 3.66. The first kappa shape index (κ1) is 12.4. The predicted molar refractivity (Wildman–Crippen MR) is 64.5 cm³/mol. The molecule has 0 aromatic rings. The van der Waals surface area contributed by atoms with Crippen LogP contribution < -0.4 is 0 Å². The third-order valence-electron chi connectivity index (χ3n) is 3.80. The fourth-order valence-electron chi connectivity index (χ4n) is 2.57. The van der Waals surface area contributed by atoms with E-state index in [-0.39, 0.29) is 17.9 Å². The van der Waals surface area contributed by atoms with Crippen LogP contribution in [0.4, 0.5) is 0 Å². The van der Waals surface area contributed by atoms with Crippen molar-refractivity contribution in [2.24, 2.45) is 0 Å². The second-order valence-corrected chi connectivity index (χ2v) is 4.99. The third-order valence-corrected chi connectivity index (χ3v) is 3.80. The average molecular weight is 239 g/mol. The largest absolute Gasteiger partial charge is 0.341 e. The van der Waals surface area contributed by atoms with E-state index in [2.05, 4.69) is 4.90 Å². The van der Waals surface area contributed by atoms with Crippen LogP contribution in [0.1, 0.15) is 19.8 Å². The number of carbonyl (C=O) groups is 2. The van der Waals surface area contributed by atoms with Gasteiger partial charge in [0.15, 0.2) is 0 Å². The first-order chi connectivity index (χ1) is 8.09. The first-order valence-electron chi connectivity index (χ1n) is 6.34. The molecule has 2 amide bonds. The summed E-state index contributed by atoms with van der Waals surface area (Å²) >= 11 is 0. The molecule has 0 bridgehead atoms. The molecule has 0 spiro atoms. The maximum absolute atomic E-state index is 12.3. The molecule has 2 aliphatic heterocycles. The van der Waals surface area contributed by atoms with Crippen molar-refractivity contribution in [1.29, 1.82) is 0 Å². The van der Waals surface area contributed by atoms with Gasteiger partial charge in [0, 0.05) is 39.6 Å². The lowest BCUT2D eigenvalue weighted by Crippen LogP contribution is -2.58. The number of hydrogen-bond acceptors (Lipinski definition) is 3. The van der Waals surface area contributed by atoms with Crippen LogP contribution in [0.3, 0.4) is 0 Å². The molecule has 5 nitrogen and oxygen atoms in total. The van der Waals surface area contributed by atoms with Crippen LogP contribution in [0.5, 0.6) is 0 Å². The van der Waals surface area contributed by atoms with Gasteiger partial charge in [-0.25, -0.2) is 0 Å². The zero-order chi connectivity index (χ0) is 12.4. The van der Waals surface area contributed by atoms with Crippen LogP contribution in [-0.4, -0.2) is 72.3 Å². The molecule has 0 saturated carbocycles. The quantitative estimate of drug-likeness (QED) is 0.635. The van der Waals surface area contributed by atoms with Crippen molar-refractivity contribution in [2.75, 3.05) is 39.8 Å². The predicted octanol–water partition coefficient (Wildman–Crippen LogP) is -0.229. The first-order valence-corrected chi connectivity index (χ1v) is 6.34. The SMILES string of the molecule is CC(=O)N1CCN(C)C(C(=O)N2CCCC2)C1. The minimum atomic E-state index is -0.147. The molecule has 2 aliphatic rings. The molecule has 2 fully saturated rings. The normalized spacial score (nSPS) is 26.4. The number of carbonyl (C=O) groups excluding carboxylic acids is 2. The summed E-state index contributed by atoms with van der Waals surface area (Å²) < 4.78 is 0. The van der Waals surface area contributed by atoms with E-state index in [9.17, 15) is 9.59 Å². The Balaban J connectivity index is 2.01. The molecule has 2 saturated heterocycles. The van der Waals surface area contributed by atoms with Crippen LogP contribution in [0.2, 0.25) is 0 Å². The molecule has 5 heteroatoms. The molecule has 96 valence electrons. The highest BCUT2D eigenvalue weighted by Crippen LogP contribution is 2.15. The Morgan fingerprint density at radius 3 is 2.24 bits per heavy atom. The number of likely N-dealkylation sites (N-methyl/N-ethyl adjacent to an activating group) is 1. The monoisotopic (exact) mass is 239 g/mol. The lowest BCUT2D eigenvalue weighted by Gasteiger charge is -2.39. The standard InChI is InChI=1S/C12H21N3O2/c1-10(16)15-8-7-13(2)11(9-15)12(17)14-5-3-4-6-14/h11H,3-9H2,1-2H3. The Hall–Kier alpha value is -1.10. The van der Waals surface area contributed by atoms with E-state index >= 15 is 0 Å². The molecule has 0 aromatic heterocycles. The number of piperazine rings is 1.